The Labute approximate surface area is 61.0 Å². The van der Waals surface area contributed by atoms with Crippen LogP contribution in [0.4, 0.5) is 0 Å². The Morgan fingerprint density at radius 2 is 1.90 bits per heavy atom. The highest BCUT2D eigenvalue weighted by Gasteiger charge is 2.44. The van der Waals surface area contributed by atoms with Gasteiger partial charge in [-0.2, -0.15) is 0 Å². The summed E-state index contributed by atoms with van der Waals surface area (Å²) in [5.41, 5.74) is 0.109. The van der Waals surface area contributed by atoms with Crippen molar-refractivity contribution in [2.75, 3.05) is 6.54 Å². The van der Waals surface area contributed by atoms with Gasteiger partial charge in [0.1, 0.15) is 0 Å². The van der Waals surface area contributed by atoms with E-state index in [0.29, 0.717) is 5.91 Å². The summed E-state index contributed by atoms with van der Waals surface area (Å²) in [6.07, 6.45) is 5.86. The second-order valence-corrected chi connectivity index (χ2v) is 3.49. The van der Waals surface area contributed by atoms with Gasteiger partial charge >= 0.3 is 0 Å². The van der Waals surface area contributed by atoms with Crippen LogP contribution in [-0.4, -0.2) is 12.5 Å². The maximum Gasteiger partial charge on any atom is 0.226 e. The number of carbonyl (C=O) groups excluding carboxylic acids is 1. The normalized spacial score (nSPS) is 29.4. The summed E-state index contributed by atoms with van der Waals surface area (Å²) in [7, 11) is 0. The van der Waals surface area contributed by atoms with Gasteiger partial charge in [0.25, 0.3) is 0 Å². The Kier molecular flexibility index (Phi) is 1.22. The lowest BCUT2D eigenvalue weighted by atomic mass is 9.64. The van der Waals surface area contributed by atoms with E-state index in [-0.39, 0.29) is 5.41 Å². The molecule has 0 radical (unpaired) electrons. The van der Waals surface area contributed by atoms with Crippen LogP contribution in [0.1, 0.15) is 32.1 Å². The van der Waals surface area contributed by atoms with Crippen molar-refractivity contribution in [2.24, 2.45) is 5.41 Å². The van der Waals surface area contributed by atoms with Gasteiger partial charge in [-0.15, -0.1) is 0 Å². The van der Waals surface area contributed by atoms with Gasteiger partial charge < -0.3 is 5.32 Å². The van der Waals surface area contributed by atoms with E-state index < -0.39 is 0 Å². The van der Waals surface area contributed by atoms with Crippen LogP contribution in [-0.2, 0) is 4.79 Å². The molecule has 1 amide bonds. The van der Waals surface area contributed by atoms with Crippen molar-refractivity contribution in [2.45, 2.75) is 32.1 Å². The van der Waals surface area contributed by atoms with Gasteiger partial charge in [-0.25, -0.2) is 0 Å². The second kappa shape index (κ2) is 1.97. The molecule has 1 spiro atoms. The van der Waals surface area contributed by atoms with Crippen LogP contribution in [0.3, 0.4) is 0 Å². The number of hydrogen-bond donors (Lipinski definition) is 1. The Bertz CT molecular complexity index is 161. The van der Waals surface area contributed by atoms with Crippen LogP contribution in [0.5, 0.6) is 0 Å². The van der Waals surface area contributed by atoms with Gasteiger partial charge in [0, 0.05) is 12.0 Å². The van der Waals surface area contributed by atoms with Gasteiger partial charge in [0.2, 0.25) is 5.91 Å². The Hall–Kier alpha value is -0.530. The van der Waals surface area contributed by atoms with E-state index in [0.717, 1.165) is 25.8 Å². The molecule has 2 fully saturated rings. The molecule has 0 aromatic heterocycles. The Balaban J connectivity index is 2.10. The molecule has 0 unspecified atom stereocenters. The number of piperidine rings is 1. The summed E-state index contributed by atoms with van der Waals surface area (Å²) in [6, 6.07) is 0. The Morgan fingerprint density at radius 3 is 2.30 bits per heavy atom. The fourth-order valence-corrected chi connectivity index (χ4v) is 2.01. The van der Waals surface area contributed by atoms with Crippen molar-refractivity contribution >= 4 is 5.91 Å². The van der Waals surface area contributed by atoms with Crippen LogP contribution < -0.4 is 5.32 Å². The smallest absolute Gasteiger partial charge is 0.226 e. The lowest BCUT2D eigenvalue weighted by Gasteiger charge is -2.43. The molecular weight excluding hydrogens is 126 g/mol. The summed E-state index contributed by atoms with van der Waals surface area (Å²) in [6.45, 7) is 0.903. The fourth-order valence-electron chi connectivity index (χ4n) is 2.01. The first kappa shape index (κ1) is 6.20. The summed E-state index contributed by atoms with van der Waals surface area (Å²) in [5, 5.41) is 2.94. The molecule has 2 nitrogen and oxygen atoms in total. The molecule has 1 N–H and O–H groups in total. The average Bonchev–Trinajstić information content (AvgIpc) is 1.85. The van der Waals surface area contributed by atoms with E-state index in [9.17, 15) is 4.79 Å². The van der Waals surface area contributed by atoms with Crippen molar-refractivity contribution in [1.82, 2.24) is 5.32 Å². The fraction of sp³-hybridized carbons (Fsp3) is 0.875. The molecule has 1 heterocycles. The topological polar surface area (TPSA) is 29.1 Å². The maximum absolute atomic E-state index is 11.3. The predicted molar refractivity (Wildman–Crippen MR) is 38.5 cm³/mol. The minimum Gasteiger partial charge on any atom is -0.356 e. The number of nitrogens with one attached hydrogen (secondary N) is 1. The Morgan fingerprint density at radius 1 is 1.20 bits per heavy atom. The molecule has 0 bridgehead atoms. The first-order chi connectivity index (χ1) is 4.83. The standard InChI is InChI=1S/C8H13NO/c10-7-8(3-1-4-8)5-2-6-9-7/h1-6H2,(H,9,10). The van der Waals surface area contributed by atoms with Crippen molar-refractivity contribution in [3.8, 4) is 0 Å². The molecule has 2 rings (SSSR count). The largest absolute Gasteiger partial charge is 0.356 e. The number of carbonyl (C=O) groups is 1. The number of hydrogen-bond acceptors (Lipinski definition) is 1. The molecule has 1 aliphatic carbocycles. The van der Waals surface area contributed by atoms with Gasteiger partial charge in [-0.3, -0.25) is 4.79 Å². The quantitative estimate of drug-likeness (QED) is 0.534. The molecule has 0 aromatic carbocycles. The van der Waals surface area contributed by atoms with E-state index in [1.807, 2.05) is 0 Å². The number of rotatable bonds is 0. The van der Waals surface area contributed by atoms with Gasteiger partial charge in [-0.1, -0.05) is 6.42 Å². The van der Waals surface area contributed by atoms with E-state index >= 15 is 0 Å². The third-order valence-electron chi connectivity index (χ3n) is 2.91. The molecular formula is C8H13NO. The monoisotopic (exact) mass is 139 g/mol. The first-order valence-electron chi connectivity index (χ1n) is 4.12. The van der Waals surface area contributed by atoms with Gasteiger partial charge in [0.15, 0.2) is 0 Å². The van der Waals surface area contributed by atoms with Crippen LogP contribution in [0, 0.1) is 5.41 Å². The molecule has 2 aliphatic rings. The van der Waals surface area contributed by atoms with Crippen LogP contribution >= 0.6 is 0 Å². The van der Waals surface area contributed by atoms with Crippen LogP contribution in [0.15, 0.2) is 0 Å². The molecule has 0 atom stereocenters. The van der Waals surface area contributed by atoms with Crippen LogP contribution in [0.2, 0.25) is 0 Å². The van der Waals surface area contributed by atoms with Crippen molar-refractivity contribution in [3.63, 3.8) is 0 Å². The van der Waals surface area contributed by atoms with E-state index in [4.69, 9.17) is 0 Å². The summed E-state index contributed by atoms with van der Waals surface area (Å²) < 4.78 is 0. The van der Waals surface area contributed by atoms with E-state index in [1.54, 1.807) is 0 Å². The highest BCUT2D eigenvalue weighted by atomic mass is 16.2. The van der Waals surface area contributed by atoms with Gasteiger partial charge in [0.05, 0.1) is 0 Å². The molecule has 1 aliphatic heterocycles. The van der Waals surface area contributed by atoms with Crippen LogP contribution in [0.25, 0.3) is 0 Å². The van der Waals surface area contributed by atoms with E-state index in [1.165, 1.54) is 12.8 Å². The molecule has 2 heteroatoms. The summed E-state index contributed by atoms with van der Waals surface area (Å²) in [5.74, 6) is 0.324. The zero-order chi connectivity index (χ0) is 7.03. The highest BCUT2D eigenvalue weighted by Crippen LogP contribution is 2.46. The molecule has 1 saturated heterocycles. The predicted octanol–water partition coefficient (Wildman–Crippen LogP) is 1.07. The highest BCUT2D eigenvalue weighted by molar-refractivity contribution is 5.84. The lowest BCUT2D eigenvalue weighted by Crippen LogP contribution is -2.49. The first-order valence-corrected chi connectivity index (χ1v) is 4.12. The molecule has 56 valence electrons. The maximum atomic E-state index is 11.3. The van der Waals surface area contributed by atoms with E-state index in [2.05, 4.69) is 5.32 Å². The van der Waals surface area contributed by atoms with Crippen molar-refractivity contribution in [1.29, 1.82) is 0 Å². The third kappa shape index (κ3) is 0.678. The molecule has 1 saturated carbocycles. The second-order valence-electron chi connectivity index (χ2n) is 3.49. The molecule has 0 aromatic rings. The summed E-state index contributed by atoms with van der Waals surface area (Å²) in [4.78, 5) is 11.3. The summed E-state index contributed by atoms with van der Waals surface area (Å²) >= 11 is 0. The average molecular weight is 139 g/mol. The van der Waals surface area contributed by atoms with Crippen molar-refractivity contribution < 1.29 is 4.79 Å². The third-order valence-corrected chi connectivity index (χ3v) is 2.91. The minimum atomic E-state index is 0.109. The van der Waals surface area contributed by atoms with Crippen molar-refractivity contribution in [3.05, 3.63) is 0 Å². The van der Waals surface area contributed by atoms with Gasteiger partial charge in [-0.05, 0) is 25.7 Å². The minimum absolute atomic E-state index is 0.109. The zero-order valence-corrected chi connectivity index (χ0v) is 6.15. The zero-order valence-electron chi connectivity index (χ0n) is 6.15. The molecule has 10 heavy (non-hydrogen) atoms. The SMILES string of the molecule is O=C1NCCCC12CCC2. The lowest BCUT2D eigenvalue weighted by molar-refractivity contribution is -0.138. The number of amides is 1.